The summed E-state index contributed by atoms with van der Waals surface area (Å²) in [6.07, 6.45) is 8.03. The van der Waals surface area contributed by atoms with Crippen LogP contribution >= 0.6 is 0 Å². The Morgan fingerprint density at radius 2 is 1.88 bits per heavy atom. The maximum absolute atomic E-state index is 12.1. The topological polar surface area (TPSA) is 40.9 Å². The van der Waals surface area contributed by atoms with Crippen LogP contribution in [0.3, 0.4) is 0 Å². The first kappa shape index (κ1) is 18.8. The van der Waals surface area contributed by atoms with E-state index in [1.54, 1.807) is 0 Å². The highest BCUT2D eigenvalue weighted by Gasteiger charge is 2.27. The Hall–Kier alpha value is -2.00. The summed E-state index contributed by atoms with van der Waals surface area (Å²) in [5.41, 5.74) is 15.9. The van der Waals surface area contributed by atoms with Gasteiger partial charge in [-0.1, -0.05) is 75.0 Å². The molecular weight excluding hydrogens is 334 g/mol. The summed E-state index contributed by atoms with van der Waals surface area (Å²) in [4.78, 5) is 12.1. The van der Waals surface area contributed by atoms with Gasteiger partial charge in [0.25, 0.3) is 5.91 Å². The monoisotopic (exact) mass is 362 g/mol. The predicted molar refractivity (Wildman–Crippen MR) is 114 cm³/mol. The van der Waals surface area contributed by atoms with E-state index in [9.17, 15) is 4.79 Å². The summed E-state index contributed by atoms with van der Waals surface area (Å²) in [7, 11) is -0.719. The molecule has 0 saturated heterocycles. The summed E-state index contributed by atoms with van der Waals surface area (Å²) >= 11 is 0. The van der Waals surface area contributed by atoms with Crippen LogP contribution in [0.25, 0.3) is 11.6 Å². The Balaban J connectivity index is 2.38. The zero-order valence-corrected chi connectivity index (χ0v) is 17.7. The molecule has 0 unspecified atom stereocenters. The van der Waals surface area contributed by atoms with Crippen LogP contribution in [0.5, 0.6) is 0 Å². The van der Waals surface area contributed by atoms with Crippen molar-refractivity contribution in [2.45, 2.75) is 59.0 Å². The highest BCUT2D eigenvalue weighted by atomic mass is 28.2. The molecule has 0 aromatic heterocycles. The van der Waals surface area contributed by atoms with Crippen LogP contribution in [0, 0.1) is 0 Å². The Morgan fingerprint density at radius 3 is 2.46 bits per heavy atom. The average molecular weight is 363 g/mol. The number of hydrogen-bond donors (Lipinski definition) is 0. The van der Waals surface area contributed by atoms with E-state index in [1.165, 1.54) is 33.0 Å². The molecule has 3 heteroatoms. The largest absolute Gasteiger partial charge is 0.270 e. The average Bonchev–Trinajstić information content (AvgIpc) is 2.92. The third kappa shape index (κ3) is 3.33. The first-order chi connectivity index (χ1) is 12.1. The van der Waals surface area contributed by atoms with Gasteiger partial charge in [0.15, 0.2) is 0 Å². The smallest absolute Gasteiger partial charge is 0.267 e. The fraction of sp³-hybridized carbons (Fsp3) is 0.391. The van der Waals surface area contributed by atoms with Crippen molar-refractivity contribution in [2.75, 3.05) is 0 Å². The molecule has 3 rings (SSSR count). The molecule has 1 aromatic rings. The SMILES string of the molecule is CC1=Cc2cc(C(C)(C)C)cc(C3=C(C([NH])=O)C=CCC3=[Si](C)C)c2C1. The van der Waals surface area contributed by atoms with Crippen LogP contribution in [0.1, 0.15) is 56.4 Å². The molecular formula is C23H28NOSi. The van der Waals surface area contributed by atoms with Crippen LogP contribution in [0.4, 0.5) is 0 Å². The maximum atomic E-state index is 12.1. The number of allylic oxidation sites excluding steroid dienone is 3. The van der Waals surface area contributed by atoms with Gasteiger partial charge in [-0.15, -0.1) is 0 Å². The molecule has 1 aromatic carbocycles. The number of fused-ring (bicyclic) bond motifs is 1. The van der Waals surface area contributed by atoms with Crippen LogP contribution in [0.2, 0.25) is 13.1 Å². The molecule has 135 valence electrons. The Labute approximate surface area is 158 Å². The standard InChI is InChI=1S/C23H28NOSi/c1-14-10-15-12-16(23(2,3)4)13-19(18(15)11-14)21-17(22(24)25)8-7-9-20(21)26(5)6/h7-8,10,12-13,24H,9,11H2,1-6H3. The van der Waals surface area contributed by atoms with Gasteiger partial charge in [-0.25, -0.2) is 0 Å². The highest BCUT2D eigenvalue weighted by Crippen LogP contribution is 2.39. The third-order valence-corrected chi connectivity index (χ3v) is 6.96. The molecule has 0 bridgehead atoms. The molecule has 2 nitrogen and oxygen atoms in total. The maximum Gasteiger partial charge on any atom is 0.270 e. The predicted octanol–water partition coefficient (Wildman–Crippen LogP) is 4.98. The molecule has 2 aliphatic rings. The summed E-state index contributed by atoms with van der Waals surface area (Å²) in [6, 6.07) is 4.59. The van der Waals surface area contributed by atoms with Crippen molar-refractivity contribution in [2.24, 2.45) is 0 Å². The van der Waals surface area contributed by atoms with Crippen molar-refractivity contribution in [3.63, 3.8) is 0 Å². The number of rotatable bonds is 2. The number of hydrogen-bond acceptors (Lipinski definition) is 1. The fourth-order valence-electron chi connectivity index (χ4n) is 3.87. The van der Waals surface area contributed by atoms with Gasteiger partial charge in [0.05, 0.1) is 0 Å². The van der Waals surface area contributed by atoms with E-state index >= 15 is 0 Å². The number of carbonyl (C=O) groups is 1. The van der Waals surface area contributed by atoms with Gasteiger partial charge in [-0.3, -0.25) is 10.5 Å². The van der Waals surface area contributed by atoms with Gasteiger partial charge < -0.3 is 0 Å². The molecule has 1 N–H and O–H groups in total. The minimum atomic E-state index is -0.719. The van der Waals surface area contributed by atoms with Gasteiger partial charge in [-0.2, -0.15) is 0 Å². The number of amides is 1. The lowest BCUT2D eigenvalue weighted by atomic mass is 9.80. The third-order valence-electron chi connectivity index (χ3n) is 5.30. The minimum Gasteiger partial charge on any atom is -0.267 e. The van der Waals surface area contributed by atoms with Crippen LogP contribution < -0.4 is 5.73 Å². The van der Waals surface area contributed by atoms with Crippen LogP contribution in [0.15, 0.2) is 35.4 Å². The quantitative estimate of drug-likeness (QED) is 0.684. The van der Waals surface area contributed by atoms with E-state index in [1.807, 2.05) is 6.08 Å². The van der Waals surface area contributed by atoms with Crippen molar-refractivity contribution in [3.05, 3.63) is 57.7 Å². The van der Waals surface area contributed by atoms with Gasteiger partial charge in [-0.05, 0) is 53.0 Å². The van der Waals surface area contributed by atoms with Crippen LogP contribution in [-0.2, 0) is 16.6 Å². The van der Waals surface area contributed by atoms with Crippen molar-refractivity contribution in [1.82, 2.24) is 5.73 Å². The molecule has 1 radical (unpaired) electrons. The molecule has 2 aliphatic carbocycles. The van der Waals surface area contributed by atoms with Crippen molar-refractivity contribution >= 4 is 31.1 Å². The lowest BCUT2D eigenvalue weighted by molar-refractivity contribution is -0.114. The van der Waals surface area contributed by atoms with E-state index in [0.29, 0.717) is 5.57 Å². The second-order valence-corrected chi connectivity index (χ2v) is 11.3. The van der Waals surface area contributed by atoms with Crippen molar-refractivity contribution in [1.29, 1.82) is 0 Å². The Morgan fingerprint density at radius 1 is 1.19 bits per heavy atom. The fourth-order valence-corrected chi connectivity index (χ4v) is 5.16. The summed E-state index contributed by atoms with van der Waals surface area (Å²) in [5, 5.41) is 1.37. The van der Waals surface area contributed by atoms with Gasteiger partial charge >= 0.3 is 0 Å². The van der Waals surface area contributed by atoms with Crippen LogP contribution in [-0.4, -0.2) is 19.5 Å². The summed E-state index contributed by atoms with van der Waals surface area (Å²) in [6.45, 7) is 13.4. The molecule has 0 saturated carbocycles. The molecule has 1 amide bonds. The highest BCUT2D eigenvalue weighted by molar-refractivity contribution is 6.77. The lowest BCUT2D eigenvalue weighted by Crippen LogP contribution is -2.21. The van der Waals surface area contributed by atoms with Crippen molar-refractivity contribution < 1.29 is 4.79 Å². The summed E-state index contributed by atoms with van der Waals surface area (Å²) < 4.78 is 0. The lowest BCUT2D eigenvalue weighted by Gasteiger charge is -2.26. The number of carbonyl (C=O) groups excluding carboxylic acids is 1. The molecule has 26 heavy (non-hydrogen) atoms. The second-order valence-electron chi connectivity index (χ2n) is 8.71. The minimum absolute atomic E-state index is 0.0384. The zero-order valence-electron chi connectivity index (χ0n) is 16.7. The Kier molecular flexibility index (Phi) is 4.78. The molecule has 0 aliphatic heterocycles. The number of benzene rings is 1. The van der Waals surface area contributed by atoms with Gasteiger partial charge in [0.1, 0.15) is 0 Å². The zero-order chi connectivity index (χ0) is 19.2. The van der Waals surface area contributed by atoms with E-state index in [0.717, 1.165) is 18.4 Å². The first-order valence-electron chi connectivity index (χ1n) is 9.28. The van der Waals surface area contributed by atoms with E-state index in [2.05, 4.69) is 65.1 Å². The van der Waals surface area contributed by atoms with E-state index < -0.39 is 14.3 Å². The normalized spacial score (nSPS) is 16.7. The Bertz CT molecular complexity index is 916. The van der Waals surface area contributed by atoms with E-state index in [-0.39, 0.29) is 5.41 Å². The summed E-state index contributed by atoms with van der Waals surface area (Å²) in [5.74, 6) is -0.575. The second kappa shape index (κ2) is 6.62. The van der Waals surface area contributed by atoms with Gasteiger partial charge in [0.2, 0.25) is 0 Å². The van der Waals surface area contributed by atoms with E-state index in [4.69, 9.17) is 5.73 Å². The molecule has 0 spiro atoms. The van der Waals surface area contributed by atoms with Crippen molar-refractivity contribution in [3.8, 4) is 0 Å². The van der Waals surface area contributed by atoms with Gasteiger partial charge in [0, 0.05) is 14.0 Å². The number of nitrogens with one attached hydrogen (secondary N) is 1. The molecule has 0 atom stereocenters. The molecule has 0 fully saturated rings. The molecule has 0 heterocycles. The first-order valence-corrected chi connectivity index (χ1v) is 11.8.